The molecule has 5 rings (SSSR count). The third kappa shape index (κ3) is 6.97. The van der Waals surface area contributed by atoms with Crippen LogP contribution in [0.4, 0.5) is 0 Å². The minimum absolute atomic E-state index is 0. The second kappa shape index (κ2) is 13.3. The average molecular weight is 528 g/mol. The molecule has 1 heterocycles. The van der Waals surface area contributed by atoms with Crippen molar-refractivity contribution >= 4 is 5.97 Å². The summed E-state index contributed by atoms with van der Waals surface area (Å²) >= 11 is 0. The van der Waals surface area contributed by atoms with Crippen molar-refractivity contribution < 1.29 is 40.5 Å². The Bertz CT molecular complexity index is 1100. The number of aliphatic carboxylic acids is 1. The lowest BCUT2D eigenvalue weighted by molar-refractivity contribution is -0.231. The van der Waals surface area contributed by atoms with Crippen LogP contribution in [0.3, 0.4) is 0 Å². The zero-order valence-corrected chi connectivity index (χ0v) is 21.2. The van der Waals surface area contributed by atoms with E-state index in [1.54, 1.807) is 18.2 Å². The predicted molar refractivity (Wildman–Crippen MR) is 138 cm³/mol. The van der Waals surface area contributed by atoms with Crippen LogP contribution in [0, 0.1) is 17.2 Å². The molecule has 1 saturated heterocycles. The maximum Gasteiger partial charge on any atom is 0.306 e. The number of ether oxygens (including phenoxy) is 1. The lowest BCUT2D eigenvalue weighted by Crippen LogP contribution is -2.55. The van der Waals surface area contributed by atoms with Gasteiger partial charge in [0.2, 0.25) is 0 Å². The average Bonchev–Trinajstić information content (AvgIpc) is 3.60. The predicted octanol–water partition coefficient (Wildman–Crippen LogP) is 1.98. The fourth-order valence-electron chi connectivity index (χ4n) is 5.14. The highest BCUT2D eigenvalue weighted by Gasteiger charge is 2.44. The van der Waals surface area contributed by atoms with Crippen molar-refractivity contribution in [1.82, 2.24) is 0 Å². The van der Waals surface area contributed by atoms with E-state index >= 15 is 0 Å². The van der Waals surface area contributed by atoms with E-state index in [9.17, 15) is 30.5 Å². The number of hydrogen-bond acceptors (Lipinski definition) is 7. The zero-order chi connectivity index (χ0) is 26.5. The normalized spacial score (nSPS) is 27.0. The topological polar surface area (TPSA) is 183 Å². The first kappa shape index (κ1) is 29.7. The van der Waals surface area contributed by atoms with Crippen molar-refractivity contribution in [1.29, 1.82) is 5.26 Å². The van der Waals surface area contributed by atoms with E-state index in [0.29, 0.717) is 23.5 Å². The van der Waals surface area contributed by atoms with Gasteiger partial charge in [-0.05, 0) is 66.3 Å². The van der Waals surface area contributed by atoms with Gasteiger partial charge in [0.1, 0.15) is 30.5 Å². The molecule has 9 nitrogen and oxygen atoms in total. The summed E-state index contributed by atoms with van der Waals surface area (Å²) in [5, 5.41) is 57.8. The standard InChI is InChI=1S/C23H25NO5.C6H10O2.H2O/c24-11-17-8-7-16(23-22(28)21(27)20(26)19(12-25)29-23)10-18(17)9-13-1-3-14(4-2-13)15-5-6-15;7-6(8)5-3-1-2-4-5;/h1-4,7-8,10,15,19-23,25-28H,5-6,9,12H2;5H,1-4H2,(H,7,8);1H2/t19-,20-,21+,22-,23+;;/m1../s1. The van der Waals surface area contributed by atoms with Crippen LogP contribution in [-0.4, -0.2) is 68.0 Å². The Labute approximate surface area is 222 Å². The van der Waals surface area contributed by atoms with Crippen LogP contribution in [-0.2, 0) is 16.0 Å². The molecule has 206 valence electrons. The SMILES string of the molecule is N#Cc1ccc([C@@H]2O[C@H](CO)[C@@H](O)[C@H](O)[C@H]2O)cc1Cc1ccc(C2CC2)cc1.O.O=C(O)C1CCCC1. The molecule has 9 heteroatoms. The number of rotatable bonds is 6. The Hall–Kier alpha value is -2.84. The first-order chi connectivity index (χ1) is 17.8. The van der Waals surface area contributed by atoms with Crippen molar-refractivity contribution in [2.24, 2.45) is 5.92 Å². The van der Waals surface area contributed by atoms with Crippen molar-refractivity contribution in [2.45, 2.75) is 81.4 Å². The second-order valence-electron chi connectivity index (χ2n) is 10.3. The molecule has 2 aliphatic carbocycles. The maximum absolute atomic E-state index is 10.4. The van der Waals surface area contributed by atoms with Crippen LogP contribution in [0.1, 0.15) is 78.4 Å². The minimum atomic E-state index is -1.43. The van der Waals surface area contributed by atoms with Crippen LogP contribution in [0.25, 0.3) is 0 Å². The minimum Gasteiger partial charge on any atom is -0.481 e. The fraction of sp³-hybridized carbons (Fsp3) is 0.517. The van der Waals surface area contributed by atoms with Gasteiger partial charge >= 0.3 is 5.97 Å². The Morgan fingerprint density at radius 1 is 0.921 bits per heavy atom. The molecular formula is C29H37NO8. The van der Waals surface area contributed by atoms with Crippen molar-refractivity contribution in [2.75, 3.05) is 6.61 Å². The number of aliphatic hydroxyl groups is 4. The summed E-state index contributed by atoms with van der Waals surface area (Å²) in [7, 11) is 0. The van der Waals surface area contributed by atoms with Crippen molar-refractivity contribution in [3.05, 3.63) is 70.3 Å². The molecule has 3 fully saturated rings. The molecule has 0 amide bonds. The molecule has 2 aromatic carbocycles. The van der Waals surface area contributed by atoms with Gasteiger partial charge in [0.25, 0.3) is 0 Å². The number of carboxylic acid groups (broad SMARTS) is 1. The van der Waals surface area contributed by atoms with Crippen LogP contribution >= 0.6 is 0 Å². The summed E-state index contributed by atoms with van der Waals surface area (Å²) in [6.45, 7) is -0.474. The monoisotopic (exact) mass is 527 g/mol. The summed E-state index contributed by atoms with van der Waals surface area (Å²) in [5.74, 6) is 0.0609. The quantitative estimate of drug-likeness (QED) is 0.378. The van der Waals surface area contributed by atoms with Crippen LogP contribution in [0.2, 0.25) is 0 Å². The number of carbonyl (C=O) groups is 1. The fourth-order valence-corrected chi connectivity index (χ4v) is 5.14. The summed E-state index contributed by atoms with van der Waals surface area (Å²) in [6, 6.07) is 15.8. The van der Waals surface area contributed by atoms with Gasteiger partial charge in [-0.3, -0.25) is 4.79 Å². The van der Waals surface area contributed by atoms with E-state index in [1.165, 1.54) is 18.4 Å². The molecule has 5 atom stereocenters. The zero-order valence-electron chi connectivity index (χ0n) is 21.2. The van der Waals surface area contributed by atoms with Crippen molar-refractivity contribution in [3.63, 3.8) is 0 Å². The number of nitriles is 1. The van der Waals surface area contributed by atoms with Crippen LogP contribution in [0.5, 0.6) is 0 Å². The molecule has 2 aromatic rings. The number of aliphatic hydroxyl groups excluding tert-OH is 4. The molecule has 3 aliphatic rings. The number of benzene rings is 2. The molecule has 38 heavy (non-hydrogen) atoms. The molecule has 0 spiro atoms. The van der Waals surface area contributed by atoms with E-state index in [-0.39, 0.29) is 11.4 Å². The van der Waals surface area contributed by atoms with Crippen LogP contribution < -0.4 is 0 Å². The van der Waals surface area contributed by atoms with E-state index in [4.69, 9.17) is 9.84 Å². The number of carboxylic acids is 1. The second-order valence-corrected chi connectivity index (χ2v) is 10.3. The smallest absolute Gasteiger partial charge is 0.306 e. The van der Waals surface area contributed by atoms with E-state index in [0.717, 1.165) is 36.8 Å². The van der Waals surface area contributed by atoms with Gasteiger partial charge in [-0.15, -0.1) is 0 Å². The Morgan fingerprint density at radius 2 is 1.55 bits per heavy atom. The summed E-state index contributed by atoms with van der Waals surface area (Å²) < 4.78 is 5.65. The molecular weight excluding hydrogens is 490 g/mol. The molecule has 0 radical (unpaired) electrons. The maximum atomic E-state index is 10.4. The molecule has 0 unspecified atom stereocenters. The van der Waals surface area contributed by atoms with Gasteiger partial charge < -0.3 is 35.7 Å². The Balaban J connectivity index is 0.000000382. The molecule has 7 N–H and O–H groups in total. The Morgan fingerprint density at radius 3 is 2.08 bits per heavy atom. The summed E-state index contributed by atoms with van der Waals surface area (Å²) in [5.41, 5.74) is 4.34. The molecule has 0 aromatic heterocycles. The molecule has 0 bridgehead atoms. The van der Waals surface area contributed by atoms with Crippen molar-refractivity contribution in [3.8, 4) is 6.07 Å². The highest BCUT2D eigenvalue weighted by molar-refractivity contribution is 5.70. The molecule has 1 aliphatic heterocycles. The summed E-state index contributed by atoms with van der Waals surface area (Å²) in [6.07, 6.45) is 1.03. The lowest BCUT2D eigenvalue weighted by atomic mass is 9.89. The van der Waals surface area contributed by atoms with E-state index in [2.05, 4.69) is 30.3 Å². The first-order valence-corrected chi connectivity index (χ1v) is 13.0. The third-order valence-electron chi connectivity index (χ3n) is 7.60. The van der Waals surface area contributed by atoms with Gasteiger partial charge in [0, 0.05) is 0 Å². The Kier molecular flexibility index (Phi) is 10.4. The largest absolute Gasteiger partial charge is 0.481 e. The van der Waals surface area contributed by atoms with E-state index in [1.807, 2.05) is 0 Å². The van der Waals surface area contributed by atoms with Gasteiger partial charge in [0.05, 0.1) is 24.2 Å². The van der Waals surface area contributed by atoms with Gasteiger partial charge in [-0.2, -0.15) is 5.26 Å². The first-order valence-electron chi connectivity index (χ1n) is 13.0. The summed E-state index contributed by atoms with van der Waals surface area (Å²) in [4.78, 5) is 10.2. The van der Waals surface area contributed by atoms with Gasteiger partial charge in [-0.25, -0.2) is 0 Å². The molecule has 2 saturated carbocycles. The number of nitrogens with zero attached hydrogens (tertiary/aromatic N) is 1. The highest BCUT2D eigenvalue weighted by Crippen LogP contribution is 2.40. The van der Waals surface area contributed by atoms with Crippen LogP contribution in [0.15, 0.2) is 42.5 Å². The van der Waals surface area contributed by atoms with Gasteiger partial charge in [0.15, 0.2) is 0 Å². The third-order valence-corrected chi connectivity index (χ3v) is 7.60. The van der Waals surface area contributed by atoms with E-state index < -0.39 is 43.1 Å². The lowest BCUT2D eigenvalue weighted by Gasteiger charge is -2.40. The highest BCUT2D eigenvalue weighted by atomic mass is 16.5. The van der Waals surface area contributed by atoms with Gasteiger partial charge in [-0.1, -0.05) is 49.2 Å². The number of hydrogen-bond donors (Lipinski definition) is 5.